The van der Waals surface area contributed by atoms with Crippen molar-refractivity contribution in [2.45, 2.75) is 6.92 Å². The Hall–Kier alpha value is -0.920. The maximum absolute atomic E-state index is 10.4. The van der Waals surface area contributed by atoms with Crippen molar-refractivity contribution in [3.05, 3.63) is 19.1 Å². The normalized spacial score (nSPS) is 8.12. The van der Waals surface area contributed by atoms with Crippen molar-refractivity contribution in [2.24, 2.45) is 0 Å². The zero-order chi connectivity index (χ0) is 6.57. The van der Waals surface area contributed by atoms with E-state index < -0.39 is 0 Å². The molecule has 0 rings (SSSR count). The Labute approximate surface area is 49.1 Å². The van der Waals surface area contributed by atoms with Crippen LogP contribution in [0.1, 0.15) is 6.92 Å². The van der Waals surface area contributed by atoms with Crippen molar-refractivity contribution in [2.75, 3.05) is 6.61 Å². The van der Waals surface area contributed by atoms with Crippen molar-refractivity contribution in [1.29, 1.82) is 0 Å². The van der Waals surface area contributed by atoms with E-state index in [-0.39, 0.29) is 12.6 Å². The van der Waals surface area contributed by atoms with Gasteiger partial charge in [-0.05, 0) is 6.92 Å². The predicted octanol–water partition coefficient (Wildman–Crippen LogP) is 0.940. The lowest BCUT2D eigenvalue weighted by molar-refractivity contribution is -0.137. The van der Waals surface area contributed by atoms with Crippen LogP contribution in [0.2, 0.25) is 0 Å². The van der Waals surface area contributed by atoms with Crippen LogP contribution in [0.5, 0.6) is 0 Å². The molecule has 0 aromatic rings. The van der Waals surface area contributed by atoms with E-state index in [9.17, 15) is 4.79 Å². The minimum Gasteiger partial charge on any atom is -0.420 e. The third-order valence-corrected chi connectivity index (χ3v) is 0.582. The van der Waals surface area contributed by atoms with E-state index in [4.69, 9.17) is 0 Å². The van der Waals surface area contributed by atoms with Crippen LogP contribution in [0.15, 0.2) is 12.2 Å². The molecule has 0 unspecified atom stereocenters. The molecule has 2 nitrogen and oxygen atoms in total. The van der Waals surface area contributed by atoms with Gasteiger partial charge in [-0.15, -0.1) is 0 Å². The number of hydrogen-bond acceptors (Lipinski definition) is 2. The van der Waals surface area contributed by atoms with Crippen LogP contribution in [-0.4, -0.2) is 12.6 Å². The molecule has 0 aromatic carbocycles. The molecule has 0 amide bonds. The van der Waals surface area contributed by atoms with Gasteiger partial charge < -0.3 is 4.74 Å². The quantitative estimate of drug-likeness (QED) is 0.302. The molecule has 0 saturated carbocycles. The van der Waals surface area contributed by atoms with Gasteiger partial charge in [-0.1, -0.05) is 6.58 Å². The molecule has 0 N–H and O–H groups in total. The summed E-state index contributed by atoms with van der Waals surface area (Å²) in [7, 11) is 0. The molecule has 0 aliphatic heterocycles. The molecule has 0 fully saturated rings. The molecule has 2 heteroatoms. The van der Waals surface area contributed by atoms with Crippen molar-refractivity contribution in [3.63, 3.8) is 0 Å². The first-order valence-corrected chi connectivity index (χ1v) is 2.30. The van der Waals surface area contributed by atoms with E-state index in [0.717, 1.165) is 0 Å². The molecule has 8 heavy (non-hydrogen) atoms. The van der Waals surface area contributed by atoms with Crippen LogP contribution in [-0.2, 0) is 9.53 Å². The van der Waals surface area contributed by atoms with Crippen LogP contribution in [0, 0.1) is 6.92 Å². The maximum atomic E-state index is 10.4. The highest BCUT2D eigenvalue weighted by atomic mass is 16.5. The second-order valence-electron chi connectivity index (χ2n) is 1.42. The van der Waals surface area contributed by atoms with Crippen LogP contribution < -0.4 is 0 Å². The summed E-state index contributed by atoms with van der Waals surface area (Å²) >= 11 is 0. The van der Waals surface area contributed by atoms with Gasteiger partial charge in [0.15, 0.2) is 0 Å². The van der Waals surface area contributed by atoms with E-state index in [1.807, 2.05) is 0 Å². The molecular formula is C6H9O2+. The Kier molecular flexibility index (Phi) is 2.77. The summed E-state index contributed by atoms with van der Waals surface area (Å²) in [4.78, 5) is 10.4. The maximum Gasteiger partial charge on any atom is 0.336 e. The molecule has 0 bridgehead atoms. The topological polar surface area (TPSA) is 26.3 Å². The third kappa shape index (κ3) is 2.29. The highest BCUT2D eigenvalue weighted by Gasteiger charge is 2.00. The first-order valence-electron chi connectivity index (χ1n) is 2.30. The molecule has 0 saturated heterocycles. The molecule has 0 aliphatic carbocycles. The van der Waals surface area contributed by atoms with Crippen molar-refractivity contribution in [3.8, 4) is 0 Å². The number of carbonyl (C=O) groups is 1. The summed E-state index contributed by atoms with van der Waals surface area (Å²) in [6, 6.07) is 0. The number of carbonyl (C=O) groups excluding carboxylic acids is 1. The molecule has 44 valence electrons. The van der Waals surface area contributed by atoms with Crippen LogP contribution in [0.25, 0.3) is 0 Å². The second-order valence-corrected chi connectivity index (χ2v) is 1.42. The molecule has 0 spiro atoms. The van der Waals surface area contributed by atoms with Crippen LogP contribution >= 0.6 is 0 Å². The first kappa shape index (κ1) is 7.08. The largest absolute Gasteiger partial charge is 0.420 e. The van der Waals surface area contributed by atoms with Crippen molar-refractivity contribution >= 4 is 5.97 Å². The fourth-order valence-electron chi connectivity index (χ4n) is 0.216. The highest BCUT2D eigenvalue weighted by molar-refractivity contribution is 5.86. The van der Waals surface area contributed by atoms with E-state index in [1.54, 1.807) is 6.92 Å². The lowest BCUT2D eigenvalue weighted by Gasteiger charge is -1.93. The van der Waals surface area contributed by atoms with Gasteiger partial charge in [0.1, 0.15) is 6.92 Å². The summed E-state index contributed by atoms with van der Waals surface area (Å²) in [5, 5.41) is 0. The van der Waals surface area contributed by atoms with Gasteiger partial charge in [-0.25, -0.2) is 4.79 Å². The highest BCUT2D eigenvalue weighted by Crippen LogP contribution is 1.89. The van der Waals surface area contributed by atoms with Crippen molar-refractivity contribution in [1.82, 2.24) is 0 Å². The summed E-state index contributed by atoms with van der Waals surface area (Å²) in [5.41, 5.74) is 0.411. The average Bonchev–Trinajstić information content (AvgIpc) is 1.67. The second kappa shape index (κ2) is 3.13. The molecule has 0 atom stereocenters. The van der Waals surface area contributed by atoms with E-state index in [1.165, 1.54) is 0 Å². The molecular weight excluding hydrogens is 104 g/mol. The van der Waals surface area contributed by atoms with Gasteiger partial charge in [0.25, 0.3) is 0 Å². The first-order chi connectivity index (χ1) is 3.68. The molecule has 0 aliphatic rings. The van der Waals surface area contributed by atoms with Gasteiger partial charge in [-0.2, -0.15) is 0 Å². The molecule has 0 aromatic heterocycles. The molecule has 0 radical (unpaired) electrons. The number of esters is 1. The Morgan fingerprint density at radius 2 is 2.38 bits per heavy atom. The number of rotatable bonds is 2. The fourth-order valence-corrected chi connectivity index (χ4v) is 0.216. The Morgan fingerprint density at radius 1 is 1.88 bits per heavy atom. The van der Waals surface area contributed by atoms with Gasteiger partial charge in [-0.3, -0.25) is 0 Å². The summed E-state index contributed by atoms with van der Waals surface area (Å²) < 4.78 is 4.45. The van der Waals surface area contributed by atoms with E-state index in [2.05, 4.69) is 18.2 Å². The lowest BCUT2D eigenvalue weighted by atomic mass is 10.4. The Bertz CT molecular complexity index is 105. The van der Waals surface area contributed by atoms with Crippen molar-refractivity contribution < 1.29 is 9.53 Å². The van der Waals surface area contributed by atoms with E-state index >= 15 is 0 Å². The van der Waals surface area contributed by atoms with E-state index in [0.29, 0.717) is 5.57 Å². The standard InChI is InChI=1S/C6H9O2/c1-4-8-6(7)5(2)3/h1-2,4H2,3H3/q+1. The monoisotopic (exact) mass is 113 g/mol. The molecule has 0 heterocycles. The number of ether oxygens (including phenoxy) is 1. The zero-order valence-corrected chi connectivity index (χ0v) is 4.94. The van der Waals surface area contributed by atoms with Crippen LogP contribution in [0.4, 0.5) is 0 Å². The summed E-state index contributed by atoms with van der Waals surface area (Å²) in [6.07, 6.45) is 0. The fraction of sp³-hybridized carbons (Fsp3) is 0.333. The SMILES string of the molecule is C=C(C)C(=O)OC[CH2+]. The number of hydrogen-bond donors (Lipinski definition) is 0. The van der Waals surface area contributed by atoms with Crippen LogP contribution in [0.3, 0.4) is 0 Å². The van der Waals surface area contributed by atoms with Gasteiger partial charge in [0.05, 0.1) is 0 Å². The Morgan fingerprint density at radius 3 is 2.50 bits per heavy atom. The average molecular weight is 113 g/mol. The summed E-state index contributed by atoms with van der Waals surface area (Å²) in [5.74, 6) is -0.375. The third-order valence-electron chi connectivity index (χ3n) is 0.582. The summed E-state index contributed by atoms with van der Waals surface area (Å²) in [6.45, 7) is 8.46. The smallest absolute Gasteiger partial charge is 0.336 e. The predicted molar refractivity (Wildman–Crippen MR) is 31.1 cm³/mol. The Balaban J connectivity index is 3.49. The van der Waals surface area contributed by atoms with Gasteiger partial charge >= 0.3 is 5.97 Å². The van der Waals surface area contributed by atoms with Gasteiger partial charge in [0, 0.05) is 5.57 Å². The minimum absolute atomic E-state index is 0.172. The zero-order valence-electron chi connectivity index (χ0n) is 4.94. The van der Waals surface area contributed by atoms with Gasteiger partial charge in [0.2, 0.25) is 6.61 Å². The minimum atomic E-state index is -0.375. The lowest BCUT2D eigenvalue weighted by Crippen LogP contribution is -2.03.